The predicted octanol–water partition coefficient (Wildman–Crippen LogP) is 6.56. The van der Waals surface area contributed by atoms with Gasteiger partial charge in [-0.3, -0.25) is 4.79 Å². The molecule has 412 valence electrons. The maximum Gasteiger partial charge on any atom is 0.250 e. The van der Waals surface area contributed by atoms with Crippen LogP contribution in [0, 0.1) is 11.7 Å². The van der Waals surface area contributed by atoms with Crippen LogP contribution in [0.2, 0.25) is 36.3 Å². The maximum atomic E-state index is 15.4. The van der Waals surface area contributed by atoms with Crippen LogP contribution in [0.3, 0.4) is 0 Å². The summed E-state index contributed by atoms with van der Waals surface area (Å²) in [5.41, 5.74) is 2.69. The normalized spacial score (nSPS) is 28.5. The van der Waals surface area contributed by atoms with Crippen molar-refractivity contribution in [2.45, 2.75) is 169 Å². The molecule has 7 N–H and O–H groups in total. The van der Waals surface area contributed by atoms with Gasteiger partial charge >= 0.3 is 0 Å². The highest BCUT2D eigenvalue weighted by atomic mass is 32.2. The summed E-state index contributed by atoms with van der Waals surface area (Å²) in [5, 5.41) is 74.6. The molecule has 3 fully saturated rings. The average Bonchev–Trinajstić information content (AvgIpc) is 3.34. The number of halogens is 1. The number of aliphatic hydroxyl groups is 7. The Morgan fingerprint density at radius 2 is 1.31 bits per heavy atom. The van der Waals surface area contributed by atoms with Gasteiger partial charge in [0.05, 0.1) is 41.9 Å². The first-order chi connectivity index (χ1) is 35.0. The number of sulfone groups is 1. The minimum absolute atomic E-state index is 0.121. The molecule has 20 heteroatoms. The topological polar surface area (TPSA) is 242 Å². The van der Waals surface area contributed by atoms with Gasteiger partial charge in [-0.1, -0.05) is 96.1 Å². The average molecular weight is 1100 g/mol. The second-order valence-corrected chi connectivity index (χ2v) is 34.7. The van der Waals surface area contributed by atoms with Crippen LogP contribution >= 0.6 is 0 Å². The van der Waals surface area contributed by atoms with Gasteiger partial charge in [0.25, 0.3) is 0 Å². The zero-order chi connectivity index (χ0) is 55.2. The van der Waals surface area contributed by atoms with Crippen molar-refractivity contribution in [3.63, 3.8) is 0 Å². The fourth-order valence-electron chi connectivity index (χ4n) is 9.42. The summed E-state index contributed by atoms with van der Waals surface area (Å²) in [6.45, 7) is 19.6. The van der Waals surface area contributed by atoms with E-state index in [1.54, 1.807) is 53.4 Å². The molecule has 1 amide bonds. The Kier molecular flexibility index (Phi) is 17.8. The predicted molar refractivity (Wildman–Crippen MR) is 285 cm³/mol. The zero-order valence-corrected chi connectivity index (χ0v) is 47.2. The van der Waals surface area contributed by atoms with Crippen LogP contribution in [0.25, 0.3) is 11.1 Å². The minimum atomic E-state index is -4.62. The number of benzene rings is 4. The summed E-state index contributed by atoms with van der Waals surface area (Å²) in [7, 11) is -9.40. The summed E-state index contributed by atoms with van der Waals surface area (Å²) < 4.78 is 76.1. The highest BCUT2D eigenvalue weighted by molar-refractivity contribution is 7.91. The van der Waals surface area contributed by atoms with Gasteiger partial charge in [0.1, 0.15) is 66.5 Å². The van der Waals surface area contributed by atoms with Crippen LogP contribution in [-0.2, 0) is 33.3 Å². The van der Waals surface area contributed by atoms with Crippen molar-refractivity contribution in [3.05, 3.63) is 114 Å². The highest BCUT2D eigenvalue weighted by Crippen LogP contribution is 2.50. The van der Waals surface area contributed by atoms with Gasteiger partial charge in [0.2, 0.25) is 14.2 Å². The first-order valence-electron chi connectivity index (χ1n) is 25.6. The van der Waals surface area contributed by atoms with Crippen LogP contribution in [0.1, 0.15) is 77.7 Å². The van der Waals surface area contributed by atoms with Crippen molar-refractivity contribution in [1.82, 2.24) is 0 Å². The zero-order valence-electron chi connectivity index (χ0n) is 44.4. The van der Waals surface area contributed by atoms with Gasteiger partial charge in [-0.05, 0) is 114 Å². The van der Waals surface area contributed by atoms with Gasteiger partial charge < -0.3 is 63.7 Å². The van der Waals surface area contributed by atoms with Gasteiger partial charge in [-0.25, -0.2) is 12.8 Å². The number of carbonyl (C=O) groups is 1. The summed E-state index contributed by atoms with van der Waals surface area (Å²) in [6.07, 6.45) is -17.3. The Balaban J connectivity index is 1.29. The molecule has 0 spiro atoms. The van der Waals surface area contributed by atoms with E-state index in [4.69, 9.17) is 23.1 Å². The van der Waals surface area contributed by atoms with Crippen LogP contribution in [0.5, 0.6) is 5.75 Å². The number of nitrogens with zero attached hydrogens (tertiary/aromatic N) is 1. The van der Waals surface area contributed by atoms with Crippen LogP contribution in [-0.4, -0.2) is 147 Å². The number of carbonyl (C=O) groups excluding carboxylic acids is 1. The number of anilines is 1. The quantitative estimate of drug-likeness (QED) is 0.0412. The number of rotatable bonds is 18. The van der Waals surface area contributed by atoms with Gasteiger partial charge in [-0.15, -0.1) is 0 Å². The van der Waals surface area contributed by atoms with E-state index in [2.05, 4.69) is 67.7 Å². The molecule has 7 rings (SSSR count). The molecule has 4 aromatic carbocycles. The lowest BCUT2D eigenvalue weighted by molar-refractivity contribution is -0.341. The molecule has 0 aliphatic carbocycles. The molecule has 3 aliphatic rings. The Bertz CT molecular complexity index is 2700. The lowest BCUT2D eigenvalue weighted by Gasteiger charge is -2.49. The molecule has 3 aliphatic heterocycles. The van der Waals surface area contributed by atoms with Crippen LogP contribution in [0.4, 0.5) is 10.1 Å². The minimum Gasteiger partial charge on any atom is -0.543 e. The van der Waals surface area contributed by atoms with Crippen molar-refractivity contribution < 1.29 is 76.4 Å². The Morgan fingerprint density at radius 3 is 1.92 bits per heavy atom. The third kappa shape index (κ3) is 12.5. The molecule has 0 bridgehead atoms. The second-order valence-electron chi connectivity index (χ2n) is 23.2. The lowest BCUT2D eigenvalue weighted by atomic mass is 9.78. The Labute approximate surface area is 442 Å². The molecule has 4 aromatic rings. The van der Waals surface area contributed by atoms with Crippen LogP contribution in [0.15, 0.2) is 102 Å². The summed E-state index contributed by atoms with van der Waals surface area (Å²) in [6, 6.07) is 26.6. The van der Waals surface area contributed by atoms with Gasteiger partial charge in [-0.2, -0.15) is 0 Å². The SMILES string of the molecule is CC(C)(C)[Si](C)(C)Oc1cccc(-c2ccc([C@@H]3[C@@H](CC[C@@H](O[Si](C)(C)C(C)(C)C)c4ccc(F)cc4)C(=O)N3c3ccccc3)c(S(=O)(=O)C[C@@H]3OC(CO)[C@H](O[C@@H]4OC(CO)[C@H](O)[C@H](O)C4O)[C@H](O)C3O)c2)c1. The summed E-state index contributed by atoms with van der Waals surface area (Å²) in [4.78, 5) is 16.1. The number of β-lactam (4-membered cyclic amide) rings is 1. The van der Waals surface area contributed by atoms with Gasteiger partial charge in [0.15, 0.2) is 24.4 Å². The number of para-hydroxylation sites is 1. The molecule has 3 heterocycles. The molecule has 0 aromatic heterocycles. The third-order valence-electron chi connectivity index (χ3n) is 16.0. The van der Waals surface area contributed by atoms with E-state index in [0.717, 1.165) is 5.56 Å². The van der Waals surface area contributed by atoms with Crippen molar-refractivity contribution in [2.75, 3.05) is 23.9 Å². The van der Waals surface area contributed by atoms with E-state index in [1.807, 2.05) is 30.3 Å². The van der Waals surface area contributed by atoms with E-state index in [0.29, 0.717) is 29.0 Å². The van der Waals surface area contributed by atoms with E-state index in [9.17, 15) is 44.9 Å². The molecule has 4 unspecified atom stereocenters. The molecular formula is C55H76FNO15SSi2. The smallest absolute Gasteiger partial charge is 0.250 e. The van der Waals surface area contributed by atoms with E-state index in [-0.39, 0.29) is 32.9 Å². The van der Waals surface area contributed by atoms with E-state index < -0.39 is 131 Å². The number of amides is 1. The largest absolute Gasteiger partial charge is 0.543 e. The first-order valence-corrected chi connectivity index (χ1v) is 33.0. The second kappa shape index (κ2) is 22.8. The Hall–Kier alpha value is -3.98. The van der Waals surface area contributed by atoms with Crippen molar-refractivity contribution >= 4 is 38.1 Å². The van der Waals surface area contributed by atoms with Crippen molar-refractivity contribution in [1.29, 1.82) is 0 Å². The van der Waals surface area contributed by atoms with Crippen molar-refractivity contribution in [3.8, 4) is 16.9 Å². The standard InChI is InChI=1S/C55H76FNO15SSi2/c1-54(2,3)74(7,8)71-37-18-14-15-33(27-37)34-21-24-38(44(28-34)73(66,67)31-43-47(61)49(63)51(42(30-59)68-43)70-53-50(64)48(62)46(60)41(29-58)69-53)45-39(52(65)57(45)36-16-12-11-13-17-36)25-26-40(32-19-22-35(56)23-20-32)72-75(9,10)55(4,5)6/h11-24,27-28,39-43,45-51,53,58-64H,25-26,29-31H2,1-10H3/t39-,40-,41?,42?,43+,45-,46+,47?,48+,49-,50?,51+,53+/m1/s1. The van der Waals surface area contributed by atoms with Crippen molar-refractivity contribution in [2.24, 2.45) is 5.92 Å². The van der Waals surface area contributed by atoms with Crippen LogP contribution < -0.4 is 9.33 Å². The number of ether oxygens (including phenoxy) is 3. The monoisotopic (exact) mass is 1100 g/mol. The molecule has 75 heavy (non-hydrogen) atoms. The van der Waals surface area contributed by atoms with E-state index in [1.165, 1.54) is 18.2 Å². The summed E-state index contributed by atoms with van der Waals surface area (Å²) >= 11 is 0. The first kappa shape index (κ1) is 58.7. The van der Waals surface area contributed by atoms with Gasteiger partial charge in [0, 0.05) is 5.69 Å². The highest BCUT2D eigenvalue weighted by Gasteiger charge is 2.54. The molecule has 13 atom stereocenters. The molecular weight excluding hydrogens is 1020 g/mol. The lowest BCUT2D eigenvalue weighted by Crippen LogP contribution is -2.65. The molecule has 0 radical (unpaired) electrons. The molecule has 3 saturated heterocycles. The summed E-state index contributed by atoms with van der Waals surface area (Å²) in [5.74, 6) is -1.74. The maximum absolute atomic E-state index is 15.4. The molecule has 16 nitrogen and oxygen atoms in total. The number of hydrogen-bond acceptors (Lipinski definition) is 15. The number of hydrogen-bond donors (Lipinski definition) is 7. The third-order valence-corrected chi connectivity index (χ3v) is 26.6. The van der Waals surface area contributed by atoms with E-state index >= 15 is 8.42 Å². The molecule has 0 saturated carbocycles. The number of aliphatic hydroxyl groups excluding tert-OH is 7. The fourth-order valence-corrected chi connectivity index (χ4v) is 13.5. The fraction of sp³-hybridized carbons (Fsp3) is 0.545. The Morgan fingerprint density at radius 1 is 0.693 bits per heavy atom.